The van der Waals surface area contributed by atoms with E-state index in [1.54, 1.807) is 12.1 Å². The van der Waals surface area contributed by atoms with Crippen molar-refractivity contribution < 1.29 is 14.8 Å². The molecular formula is C13H11N3O4. The maximum absolute atomic E-state index is 10.8. The Hall–Kier alpha value is -2.96. The number of hydrogen-bond acceptors (Lipinski definition) is 6. The van der Waals surface area contributed by atoms with Crippen molar-refractivity contribution in [3.63, 3.8) is 0 Å². The van der Waals surface area contributed by atoms with Gasteiger partial charge in [0.25, 0.3) is 5.69 Å². The summed E-state index contributed by atoms with van der Waals surface area (Å²) in [6.07, 6.45) is 0. The van der Waals surface area contributed by atoms with Crippen LogP contribution in [0.2, 0.25) is 0 Å². The highest BCUT2D eigenvalue weighted by Crippen LogP contribution is 2.34. The lowest BCUT2D eigenvalue weighted by Gasteiger charge is -2.03. The topological polar surface area (TPSA) is 97.3 Å². The van der Waals surface area contributed by atoms with E-state index in [1.807, 2.05) is 0 Å². The summed E-state index contributed by atoms with van der Waals surface area (Å²) in [4.78, 5) is 10.3. The van der Waals surface area contributed by atoms with Gasteiger partial charge in [-0.15, -0.1) is 10.2 Å². The highest BCUT2D eigenvalue weighted by Gasteiger charge is 2.12. The molecule has 0 fully saturated rings. The zero-order chi connectivity index (χ0) is 14.5. The van der Waals surface area contributed by atoms with Gasteiger partial charge in [-0.25, -0.2) is 0 Å². The normalized spacial score (nSPS) is 10.7. The number of methoxy groups -OCH3 is 1. The summed E-state index contributed by atoms with van der Waals surface area (Å²) >= 11 is 0. The highest BCUT2D eigenvalue weighted by atomic mass is 16.6. The van der Waals surface area contributed by atoms with Crippen molar-refractivity contribution in [2.75, 3.05) is 7.11 Å². The van der Waals surface area contributed by atoms with Crippen molar-refractivity contribution in [1.82, 2.24) is 0 Å². The Bertz CT molecular complexity index is 670. The van der Waals surface area contributed by atoms with Crippen molar-refractivity contribution >= 4 is 17.1 Å². The number of phenols is 1. The standard InChI is InChI=1S/C13H11N3O4/c1-20-13-8-9(17)6-7-11(13)15-14-10-4-2-3-5-12(10)16(18)19/h2-8,17H,1H3. The van der Waals surface area contributed by atoms with Crippen LogP contribution in [0, 0.1) is 10.1 Å². The smallest absolute Gasteiger partial charge is 0.296 e. The van der Waals surface area contributed by atoms with E-state index in [2.05, 4.69) is 10.2 Å². The van der Waals surface area contributed by atoms with Crippen molar-refractivity contribution in [2.45, 2.75) is 0 Å². The monoisotopic (exact) mass is 273 g/mol. The summed E-state index contributed by atoms with van der Waals surface area (Å²) in [7, 11) is 1.43. The molecule has 0 saturated carbocycles. The molecule has 0 aliphatic rings. The molecule has 0 bridgehead atoms. The number of nitro groups is 1. The average molecular weight is 273 g/mol. The Morgan fingerprint density at radius 1 is 1.15 bits per heavy atom. The molecule has 7 nitrogen and oxygen atoms in total. The summed E-state index contributed by atoms with van der Waals surface area (Å²) in [6.45, 7) is 0. The Morgan fingerprint density at radius 2 is 1.85 bits per heavy atom. The van der Waals surface area contributed by atoms with Crippen LogP contribution in [0.3, 0.4) is 0 Å². The number of aromatic hydroxyl groups is 1. The third-order valence-corrected chi connectivity index (χ3v) is 2.51. The molecule has 1 N–H and O–H groups in total. The summed E-state index contributed by atoms with van der Waals surface area (Å²) in [5, 5.41) is 27.9. The Balaban J connectivity index is 2.37. The van der Waals surface area contributed by atoms with Crippen LogP contribution < -0.4 is 4.74 Å². The van der Waals surface area contributed by atoms with Crippen molar-refractivity contribution in [3.8, 4) is 11.5 Å². The van der Waals surface area contributed by atoms with E-state index in [0.29, 0.717) is 11.4 Å². The molecule has 2 rings (SSSR count). The second kappa shape index (κ2) is 5.79. The van der Waals surface area contributed by atoms with Gasteiger partial charge in [0, 0.05) is 12.1 Å². The zero-order valence-corrected chi connectivity index (χ0v) is 10.6. The van der Waals surface area contributed by atoms with Crippen LogP contribution in [-0.4, -0.2) is 17.1 Å². The van der Waals surface area contributed by atoms with E-state index < -0.39 is 4.92 Å². The van der Waals surface area contributed by atoms with Crippen LogP contribution in [0.25, 0.3) is 0 Å². The molecule has 7 heteroatoms. The van der Waals surface area contributed by atoms with Gasteiger partial charge in [0.2, 0.25) is 0 Å². The largest absolute Gasteiger partial charge is 0.508 e. The number of ether oxygens (including phenoxy) is 1. The van der Waals surface area contributed by atoms with Crippen molar-refractivity contribution in [1.29, 1.82) is 0 Å². The fourth-order valence-corrected chi connectivity index (χ4v) is 1.56. The molecule has 20 heavy (non-hydrogen) atoms. The van der Waals surface area contributed by atoms with Crippen LogP contribution in [0.4, 0.5) is 17.1 Å². The Morgan fingerprint density at radius 3 is 2.55 bits per heavy atom. The molecule has 0 amide bonds. The van der Waals surface area contributed by atoms with Crippen LogP contribution in [0.5, 0.6) is 11.5 Å². The quantitative estimate of drug-likeness (QED) is 0.521. The van der Waals surface area contributed by atoms with Gasteiger partial charge in [0.1, 0.15) is 17.2 Å². The number of phenolic OH excluding ortho intramolecular Hbond substituents is 1. The number of rotatable bonds is 4. The predicted octanol–water partition coefficient (Wildman–Crippen LogP) is 3.72. The minimum atomic E-state index is -0.525. The lowest BCUT2D eigenvalue weighted by molar-refractivity contribution is -0.384. The summed E-state index contributed by atoms with van der Waals surface area (Å²) < 4.78 is 5.04. The Kier molecular flexibility index (Phi) is 3.90. The fraction of sp³-hybridized carbons (Fsp3) is 0.0769. The van der Waals surface area contributed by atoms with Crippen LogP contribution in [0.15, 0.2) is 52.7 Å². The second-order valence-electron chi connectivity index (χ2n) is 3.80. The molecule has 0 heterocycles. The van der Waals surface area contributed by atoms with Gasteiger partial charge < -0.3 is 9.84 Å². The first-order chi connectivity index (χ1) is 9.61. The Labute approximate surface area is 114 Å². The maximum Gasteiger partial charge on any atom is 0.296 e. The number of nitro benzene ring substituents is 1. The van der Waals surface area contributed by atoms with Crippen molar-refractivity contribution in [3.05, 3.63) is 52.6 Å². The van der Waals surface area contributed by atoms with Gasteiger partial charge in [-0.1, -0.05) is 12.1 Å². The predicted molar refractivity (Wildman–Crippen MR) is 71.9 cm³/mol. The highest BCUT2D eigenvalue weighted by molar-refractivity contribution is 5.58. The number of azo groups is 1. The molecule has 0 aliphatic heterocycles. The van der Waals surface area contributed by atoms with E-state index >= 15 is 0 Å². The molecule has 102 valence electrons. The number of hydrogen-bond donors (Lipinski definition) is 1. The fourth-order valence-electron chi connectivity index (χ4n) is 1.56. The SMILES string of the molecule is COc1cc(O)ccc1N=Nc1ccccc1[N+](=O)[O-]. The minimum absolute atomic E-state index is 0.0338. The molecule has 0 radical (unpaired) electrons. The van der Waals surface area contributed by atoms with Crippen LogP contribution >= 0.6 is 0 Å². The van der Waals surface area contributed by atoms with Gasteiger partial charge in [-0.3, -0.25) is 10.1 Å². The van der Waals surface area contributed by atoms with E-state index in [0.717, 1.165) is 0 Å². The first kappa shape index (κ1) is 13.5. The second-order valence-corrected chi connectivity index (χ2v) is 3.80. The molecule has 2 aromatic carbocycles. The molecule has 0 aromatic heterocycles. The number of nitrogens with zero attached hydrogens (tertiary/aromatic N) is 3. The molecule has 2 aromatic rings. The van der Waals surface area contributed by atoms with Gasteiger partial charge in [0.05, 0.1) is 12.0 Å². The molecule has 0 aliphatic carbocycles. The molecule has 0 atom stereocenters. The summed E-state index contributed by atoms with van der Waals surface area (Å²) in [6, 6.07) is 10.3. The van der Waals surface area contributed by atoms with Gasteiger partial charge in [-0.2, -0.15) is 0 Å². The van der Waals surface area contributed by atoms with E-state index in [-0.39, 0.29) is 17.1 Å². The number of benzene rings is 2. The zero-order valence-electron chi connectivity index (χ0n) is 10.6. The van der Waals surface area contributed by atoms with E-state index in [4.69, 9.17) is 4.74 Å². The van der Waals surface area contributed by atoms with Gasteiger partial charge in [0.15, 0.2) is 5.69 Å². The van der Waals surface area contributed by atoms with E-state index in [9.17, 15) is 15.2 Å². The average Bonchev–Trinajstić information content (AvgIpc) is 2.46. The maximum atomic E-state index is 10.8. The lowest BCUT2D eigenvalue weighted by atomic mass is 10.3. The first-order valence-corrected chi connectivity index (χ1v) is 5.64. The van der Waals surface area contributed by atoms with Crippen LogP contribution in [0.1, 0.15) is 0 Å². The van der Waals surface area contributed by atoms with Crippen LogP contribution in [-0.2, 0) is 0 Å². The first-order valence-electron chi connectivity index (χ1n) is 5.64. The third-order valence-electron chi connectivity index (χ3n) is 2.51. The number of para-hydroxylation sites is 1. The molecule has 0 saturated heterocycles. The summed E-state index contributed by atoms with van der Waals surface area (Å²) in [5.74, 6) is 0.360. The lowest BCUT2D eigenvalue weighted by Crippen LogP contribution is -1.87. The molecule has 0 unspecified atom stereocenters. The third kappa shape index (κ3) is 2.89. The minimum Gasteiger partial charge on any atom is -0.508 e. The molecule has 0 spiro atoms. The van der Waals surface area contributed by atoms with E-state index in [1.165, 1.54) is 37.4 Å². The molecular weight excluding hydrogens is 262 g/mol. The van der Waals surface area contributed by atoms with Gasteiger partial charge in [-0.05, 0) is 18.2 Å². The van der Waals surface area contributed by atoms with Crippen molar-refractivity contribution in [2.24, 2.45) is 10.2 Å². The van der Waals surface area contributed by atoms with Gasteiger partial charge >= 0.3 is 0 Å². The summed E-state index contributed by atoms with van der Waals surface area (Å²) in [5.41, 5.74) is 0.380.